The molecule has 0 saturated carbocycles. The maximum atomic E-state index is 14.6. The highest BCUT2D eigenvalue weighted by Crippen LogP contribution is 2.25. The fourth-order valence-corrected chi connectivity index (χ4v) is 4.08. The molecule has 32 heavy (non-hydrogen) atoms. The van der Waals surface area contributed by atoms with Gasteiger partial charge in [0.2, 0.25) is 0 Å². The van der Waals surface area contributed by atoms with Gasteiger partial charge < -0.3 is 14.6 Å². The summed E-state index contributed by atoms with van der Waals surface area (Å²) in [5.74, 6) is 0.220. The second-order valence-electron chi connectivity index (χ2n) is 8.06. The molecule has 0 bridgehead atoms. The van der Waals surface area contributed by atoms with Crippen molar-refractivity contribution in [2.24, 2.45) is 0 Å². The Labute approximate surface area is 192 Å². The van der Waals surface area contributed by atoms with Crippen molar-refractivity contribution in [3.63, 3.8) is 0 Å². The summed E-state index contributed by atoms with van der Waals surface area (Å²) in [5, 5.41) is 3.56. The molecule has 2 heterocycles. The first-order valence-corrected chi connectivity index (χ1v) is 10.9. The number of methoxy groups -OCH3 is 1. The van der Waals surface area contributed by atoms with Crippen LogP contribution in [0.15, 0.2) is 55.0 Å². The summed E-state index contributed by atoms with van der Waals surface area (Å²) >= 11 is 5.96. The van der Waals surface area contributed by atoms with Crippen LogP contribution in [0.3, 0.4) is 0 Å². The zero-order valence-corrected chi connectivity index (χ0v) is 18.8. The Morgan fingerprint density at radius 2 is 2.06 bits per heavy atom. The topological polar surface area (TPSA) is 59.4 Å². The number of nitrogens with one attached hydrogen (secondary N) is 1. The second-order valence-corrected chi connectivity index (χ2v) is 8.49. The summed E-state index contributed by atoms with van der Waals surface area (Å²) in [6, 6.07) is 12.2. The van der Waals surface area contributed by atoms with Crippen LogP contribution in [0.25, 0.3) is 5.69 Å². The number of carbonyl (C=O) groups excluding carboxylic acids is 1. The first-order valence-electron chi connectivity index (χ1n) is 10.5. The molecular weight excluding hydrogens is 431 g/mol. The van der Waals surface area contributed by atoms with Crippen molar-refractivity contribution in [3.8, 4) is 11.4 Å². The third-order valence-electron chi connectivity index (χ3n) is 5.68. The zero-order chi connectivity index (χ0) is 22.7. The molecule has 0 aliphatic carbocycles. The van der Waals surface area contributed by atoms with E-state index < -0.39 is 12.2 Å². The molecule has 2 unspecified atom stereocenters. The van der Waals surface area contributed by atoms with Crippen LogP contribution < -0.4 is 10.1 Å². The third-order valence-corrected chi connectivity index (χ3v) is 5.93. The van der Waals surface area contributed by atoms with Gasteiger partial charge in [0.05, 0.1) is 30.9 Å². The molecule has 6 nitrogen and oxygen atoms in total. The molecule has 8 heteroatoms. The van der Waals surface area contributed by atoms with Gasteiger partial charge in [-0.05, 0) is 49.2 Å². The Morgan fingerprint density at radius 1 is 1.28 bits per heavy atom. The number of alkyl halides is 1. The number of carbonyl (C=O) groups is 1. The minimum atomic E-state index is -1.09. The number of aromatic nitrogens is 2. The SMILES string of the molecule is COc1cc(C(=O)NC2CN(Cc3ccc(Cl)cc3)CCC2F)ccc1-n1cnc(C)c1. The number of ether oxygens (including phenoxy) is 1. The Bertz CT molecular complexity index is 1090. The number of amides is 1. The highest BCUT2D eigenvalue weighted by atomic mass is 35.5. The average molecular weight is 457 g/mol. The number of piperidine rings is 1. The number of benzene rings is 2. The van der Waals surface area contributed by atoms with Gasteiger partial charge in [-0.25, -0.2) is 9.37 Å². The van der Waals surface area contributed by atoms with Crippen molar-refractivity contribution in [3.05, 3.63) is 76.8 Å². The smallest absolute Gasteiger partial charge is 0.251 e. The van der Waals surface area contributed by atoms with E-state index in [4.69, 9.17) is 16.3 Å². The van der Waals surface area contributed by atoms with Gasteiger partial charge >= 0.3 is 0 Å². The fraction of sp³-hybridized carbons (Fsp3) is 0.333. The molecule has 1 N–H and O–H groups in total. The van der Waals surface area contributed by atoms with Crippen LogP contribution in [0.4, 0.5) is 4.39 Å². The largest absolute Gasteiger partial charge is 0.495 e. The number of nitrogens with zero attached hydrogens (tertiary/aromatic N) is 3. The lowest BCUT2D eigenvalue weighted by Crippen LogP contribution is -2.53. The molecule has 4 rings (SSSR count). The molecule has 1 fully saturated rings. The summed E-state index contributed by atoms with van der Waals surface area (Å²) in [4.78, 5) is 19.3. The van der Waals surface area contributed by atoms with Crippen molar-refractivity contribution in [1.82, 2.24) is 19.8 Å². The molecule has 1 saturated heterocycles. The van der Waals surface area contributed by atoms with Crippen molar-refractivity contribution in [1.29, 1.82) is 0 Å². The molecule has 2 aromatic carbocycles. The molecule has 168 valence electrons. The molecule has 3 aromatic rings. The van der Waals surface area contributed by atoms with Gasteiger partial charge in [0.25, 0.3) is 5.91 Å². The summed E-state index contributed by atoms with van der Waals surface area (Å²) in [7, 11) is 1.55. The van der Waals surface area contributed by atoms with E-state index in [1.165, 1.54) is 0 Å². The first kappa shape index (κ1) is 22.3. The number of rotatable bonds is 6. The van der Waals surface area contributed by atoms with E-state index in [0.717, 1.165) is 16.9 Å². The highest BCUT2D eigenvalue weighted by molar-refractivity contribution is 6.30. The molecule has 0 spiro atoms. The molecule has 2 atom stereocenters. The first-order chi connectivity index (χ1) is 15.4. The normalized spacial score (nSPS) is 19.0. The molecule has 1 amide bonds. The van der Waals surface area contributed by atoms with E-state index in [1.54, 1.807) is 31.6 Å². The molecule has 0 radical (unpaired) electrons. The van der Waals surface area contributed by atoms with Crippen molar-refractivity contribution in [2.45, 2.75) is 32.1 Å². The van der Waals surface area contributed by atoms with Crippen LogP contribution >= 0.6 is 11.6 Å². The maximum Gasteiger partial charge on any atom is 0.251 e. The third kappa shape index (κ3) is 5.11. The molecule has 1 aliphatic rings. The Balaban J connectivity index is 1.44. The summed E-state index contributed by atoms with van der Waals surface area (Å²) < 4.78 is 21.9. The van der Waals surface area contributed by atoms with Crippen LogP contribution in [0.5, 0.6) is 5.75 Å². The lowest BCUT2D eigenvalue weighted by Gasteiger charge is -2.35. The van der Waals surface area contributed by atoms with Crippen LogP contribution in [0.1, 0.15) is 28.0 Å². The monoisotopic (exact) mass is 456 g/mol. The summed E-state index contributed by atoms with van der Waals surface area (Å²) in [5.41, 5.74) is 3.18. The van der Waals surface area contributed by atoms with Gasteiger partial charge in [-0.2, -0.15) is 0 Å². The van der Waals surface area contributed by atoms with Crippen LogP contribution in [0.2, 0.25) is 5.02 Å². The number of hydrogen-bond acceptors (Lipinski definition) is 4. The van der Waals surface area contributed by atoms with Crippen LogP contribution in [-0.2, 0) is 6.54 Å². The van der Waals surface area contributed by atoms with E-state index in [9.17, 15) is 9.18 Å². The van der Waals surface area contributed by atoms with E-state index in [0.29, 0.717) is 42.4 Å². The minimum Gasteiger partial charge on any atom is -0.495 e. The Hall–Kier alpha value is -2.90. The van der Waals surface area contributed by atoms with Gasteiger partial charge in [0.1, 0.15) is 11.9 Å². The van der Waals surface area contributed by atoms with E-state index in [1.807, 2.05) is 42.0 Å². The number of imidazole rings is 1. The van der Waals surface area contributed by atoms with Crippen molar-refractivity contribution >= 4 is 17.5 Å². The van der Waals surface area contributed by atoms with Gasteiger partial charge in [0, 0.05) is 36.4 Å². The molecular formula is C24H26ClFN4O2. The highest BCUT2D eigenvalue weighted by Gasteiger charge is 2.30. The van der Waals surface area contributed by atoms with Gasteiger partial charge in [-0.1, -0.05) is 23.7 Å². The quantitative estimate of drug-likeness (QED) is 0.604. The number of halogens is 2. The van der Waals surface area contributed by atoms with Crippen LogP contribution in [0, 0.1) is 6.92 Å². The lowest BCUT2D eigenvalue weighted by atomic mass is 10.0. The van der Waals surface area contributed by atoms with E-state index in [-0.39, 0.29) is 5.91 Å². The Morgan fingerprint density at radius 3 is 2.75 bits per heavy atom. The summed E-state index contributed by atoms with van der Waals surface area (Å²) in [6.07, 6.45) is 2.86. The van der Waals surface area contributed by atoms with Crippen LogP contribution in [-0.4, -0.2) is 52.8 Å². The van der Waals surface area contributed by atoms with Crippen molar-refractivity contribution < 1.29 is 13.9 Å². The predicted octanol–water partition coefficient (Wildman–Crippen LogP) is 4.19. The van der Waals surface area contributed by atoms with Gasteiger partial charge in [-0.15, -0.1) is 0 Å². The van der Waals surface area contributed by atoms with E-state index >= 15 is 0 Å². The molecule has 1 aromatic heterocycles. The van der Waals surface area contributed by atoms with Gasteiger partial charge in [-0.3, -0.25) is 9.69 Å². The zero-order valence-electron chi connectivity index (χ0n) is 18.1. The Kier molecular flexibility index (Phi) is 6.77. The van der Waals surface area contributed by atoms with E-state index in [2.05, 4.69) is 15.2 Å². The van der Waals surface area contributed by atoms with Gasteiger partial charge in [0.15, 0.2) is 0 Å². The minimum absolute atomic E-state index is 0.322. The molecule has 1 aliphatic heterocycles. The lowest BCUT2D eigenvalue weighted by molar-refractivity contribution is 0.0770. The fourth-order valence-electron chi connectivity index (χ4n) is 3.96. The standard InChI is InChI=1S/C24H26ClFN4O2/c1-16-12-30(15-27-16)22-8-5-18(11-23(22)32-2)24(31)28-21-14-29(10-9-20(21)26)13-17-3-6-19(25)7-4-17/h3-8,11-12,15,20-21H,9-10,13-14H2,1-2H3,(H,28,31). The second kappa shape index (κ2) is 9.71. The number of aryl methyl sites for hydroxylation is 1. The van der Waals surface area contributed by atoms with Crippen molar-refractivity contribution in [2.75, 3.05) is 20.2 Å². The average Bonchev–Trinajstić information content (AvgIpc) is 3.23. The number of hydrogen-bond donors (Lipinski definition) is 1. The maximum absolute atomic E-state index is 14.6. The summed E-state index contributed by atoms with van der Waals surface area (Å²) in [6.45, 7) is 3.67. The predicted molar refractivity (Wildman–Crippen MR) is 122 cm³/mol. The number of likely N-dealkylation sites (tertiary alicyclic amines) is 1.